The zero-order valence-electron chi connectivity index (χ0n) is 14.6. The van der Waals surface area contributed by atoms with E-state index in [-0.39, 0.29) is 5.69 Å². The third-order valence-electron chi connectivity index (χ3n) is 4.54. The monoisotopic (exact) mass is 396 g/mol. The van der Waals surface area contributed by atoms with Crippen LogP contribution < -0.4 is 0 Å². The summed E-state index contributed by atoms with van der Waals surface area (Å²) in [6.45, 7) is 2.13. The lowest BCUT2D eigenvalue weighted by atomic mass is 10.1. The summed E-state index contributed by atoms with van der Waals surface area (Å²) in [6.07, 6.45) is 10.9. The van der Waals surface area contributed by atoms with E-state index in [1.54, 1.807) is 22.8 Å². The first-order valence-electron chi connectivity index (χ1n) is 8.55. The van der Waals surface area contributed by atoms with E-state index in [9.17, 15) is 9.90 Å². The molecule has 27 heavy (non-hydrogen) atoms. The van der Waals surface area contributed by atoms with Gasteiger partial charge >= 0.3 is 5.97 Å². The van der Waals surface area contributed by atoms with Crippen LogP contribution in [0.3, 0.4) is 0 Å². The van der Waals surface area contributed by atoms with E-state index in [0.717, 1.165) is 27.6 Å². The van der Waals surface area contributed by atoms with Crippen molar-refractivity contribution in [2.75, 3.05) is 0 Å². The third-order valence-corrected chi connectivity index (χ3v) is 5.85. The van der Waals surface area contributed by atoms with E-state index >= 15 is 0 Å². The van der Waals surface area contributed by atoms with E-state index in [1.165, 1.54) is 0 Å². The Morgan fingerprint density at radius 3 is 3.04 bits per heavy atom. The Morgan fingerprint density at radius 2 is 2.22 bits per heavy atom. The summed E-state index contributed by atoms with van der Waals surface area (Å²) in [4.78, 5) is 16.5. The van der Waals surface area contributed by atoms with Crippen LogP contribution in [0, 0.1) is 6.92 Å². The van der Waals surface area contributed by atoms with Crippen LogP contribution in [0.15, 0.2) is 54.0 Å². The molecule has 4 nitrogen and oxygen atoms in total. The molecule has 1 N–H and O–H groups in total. The minimum absolute atomic E-state index is 0.207. The molecule has 2 aromatic heterocycles. The number of carboxylic acids is 1. The molecule has 1 aliphatic carbocycles. The molecule has 0 radical (unpaired) electrons. The number of allylic oxidation sites excluding steroid dienone is 6. The maximum atomic E-state index is 11.9. The summed E-state index contributed by atoms with van der Waals surface area (Å²) in [5, 5.41) is 13.5. The summed E-state index contributed by atoms with van der Waals surface area (Å²) in [5.74, 6) is -0.329. The number of fused-ring (bicyclic) bond motifs is 1. The van der Waals surface area contributed by atoms with Crippen LogP contribution in [-0.4, -0.2) is 20.6 Å². The Bertz CT molecular complexity index is 1130. The number of nitrogens with zero attached hydrogens (tertiary/aromatic N) is 2. The molecule has 2 heterocycles. The SMILES string of the molecule is Cc1nc(C2=CC=CCC=C2)n(Cc2csc3cccc(Cl)c23)c1C(=O)O. The molecular formula is C21H17ClN2O2S. The molecule has 6 heteroatoms. The number of carboxylic acid groups (broad SMARTS) is 1. The second-order valence-electron chi connectivity index (χ2n) is 6.32. The van der Waals surface area contributed by atoms with Crippen molar-refractivity contribution in [3.05, 3.63) is 81.8 Å². The van der Waals surface area contributed by atoms with Crippen molar-refractivity contribution in [3.8, 4) is 0 Å². The second kappa shape index (κ2) is 7.18. The number of aromatic carboxylic acids is 1. The lowest BCUT2D eigenvalue weighted by molar-refractivity contribution is 0.0684. The van der Waals surface area contributed by atoms with Gasteiger partial charge in [0.25, 0.3) is 0 Å². The normalized spacial score (nSPS) is 13.8. The van der Waals surface area contributed by atoms with Crippen LogP contribution in [0.4, 0.5) is 0 Å². The third kappa shape index (κ3) is 3.24. The van der Waals surface area contributed by atoms with Gasteiger partial charge in [-0.3, -0.25) is 0 Å². The fourth-order valence-electron chi connectivity index (χ4n) is 3.34. The zero-order valence-corrected chi connectivity index (χ0v) is 16.2. The van der Waals surface area contributed by atoms with Crippen LogP contribution in [0.2, 0.25) is 5.02 Å². The molecule has 0 bridgehead atoms. The van der Waals surface area contributed by atoms with Gasteiger partial charge in [-0.05, 0) is 36.4 Å². The highest BCUT2D eigenvalue weighted by Gasteiger charge is 2.22. The maximum absolute atomic E-state index is 11.9. The predicted octanol–water partition coefficient (Wildman–Crippen LogP) is 5.71. The van der Waals surface area contributed by atoms with Crippen molar-refractivity contribution in [1.82, 2.24) is 9.55 Å². The van der Waals surface area contributed by atoms with Gasteiger partial charge in [0, 0.05) is 20.7 Å². The molecule has 0 unspecified atom stereocenters. The van der Waals surface area contributed by atoms with Gasteiger partial charge in [0.05, 0.1) is 12.2 Å². The number of aryl methyl sites for hydroxylation is 1. The minimum Gasteiger partial charge on any atom is -0.477 e. The topological polar surface area (TPSA) is 55.1 Å². The summed E-state index contributed by atoms with van der Waals surface area (Å²) in [5.41, 5.74) is 2.60. The van der Waals surface area contributed by atoms with Gasteiger partial charge in [0.1, 0.15) is 5.82 Å². The minimum atomic E-state index is -0.981. The van der Waals surface area contributed by atoms with Gasteiger partial charge in [-0.15, -0.1) is 11.3 Å². The highest BCUT2D eigenvalue weighted by molar-refractivity contribution is 7.17. The highest BCUT2D eigenvalue weighted by Crippen LogP contribution is 2.33. The van der Waals surface area contributed by atoms with Gasteiger partial charge in [-0.1, -0.05) is 48.0 Å². The highest BCUT2D eigenvalue weighted by atomic mass is 35.5. The molecule has 0 aliphatic heterocycles. The van der Waals surface area contributed by atoms with Crippen LogP contribution >= 0.6 is 22.9 Å². The molecule has 136 valence electrons. The van der Waals surface area contributed by atoms with Crippen LogP contribution in [-0.2, 0) is 6.54 Å². The molecule has 0 atom stereocenters. The van der Waals surface area contributed by atoms with E-state index in [2.05, 4.69) is 4.98 Å². The Hall–Kier alpha value is -2.63. The molecule has 1 aromatic carbocycles. The number of hydrogen-bond donors (Lipinski definition) is 1. The molecule has 0 spiro atoms. The number of hydrogen-bond acceptors (Lipinski definition) is 3. The summed E-state index contributed by atoms with van der Waals surface area (Å²) in [7, 11) is 0. The molecule has 0 fully saturated rings. The number of imidazole rings is 1. The van der Waals surface area contributed by atoms with Gasteiger partial charge < -0.3 is 9.67 Å². The first-order chi connectivity index (χ1) is 13.1. The Labute approximate surface area is 165 Å². The maximum Gasteiger partial charge on any atom is 0.354 e. The first kappa shape index (κ1) is 17.8. The molecule has 0 saturated heterocycles. The van der Waals surface area contributed by atoms with Gasteiger partial charge in [-0.2, -0.15) is 0 Å². The summed E-state index contributed by atoms with van der Waals surface area (Å²) >= 11 is 8.03. The molecule has 1 aliphatic rings. The number of carbonyl (C=O) groups is 1. The van der Waals surface area contributed by atoms with Crippen molar-refractivity contribution >= 4 is 44.6 Å². The summed E-state index contributed by atoms with van der Waals surface area (Å²) in [6, 6.07) is 5.81. The standard InChI is InChI=1S/C21H17ClN2O2S/c1-13-19(21(25)26)24(20(23-13)14-7-4-2-3-5-8-14)11-15-12-27-17-10-6-9-16(22)18(15)17/h2,4-10,12H,3,11H2,1H3,(H,25,26). The fourth-order valence-corrected chi connectivity index (χ4v) is 4.67. The van der Waals surface area contributed by atoms with E-state index < -0.39 is 5.97 Å². The van der Waals surface area contributed by atoms with E-state index in [0.29, 0.717) is 23.1 Å². The average Bonchev–Trinajstić information content (AvgIpc) is 3.06. The lowest BCUT2D eigenvalue weighted by Gasteiger charge is -2.11. The quantitative estimate of drug-likeness (QED) is 0.614. The van der Waals surface area contributed by atoms with Gasteiger partial charge in [0.2, 0.25) is 0 Å². The van der Waals surface area contributed by atoms with E-state index in [1.807, 2.05) is 54.0 Å². The Morgan fingerprint density at radius 1 is 1.37 bits per heavy atom. The van der Waals surface area contributed by atoms with Gasteiger partial charge in [0.15, 0.2) is 5.69 Å². The fraction of sp³-hybridized carbons (Fsp3) is 0.143. The van der Waals surface area contributed by atoms with Crippen molar-refractivity contribution in [3.63, 3.8) is 0 Å². The summed E-state index contributed by atoms with van der Waals surface area (Å²) < 4.78 is 2.86. The lowest BCUT2D eigenvalue weighted by Crippen LogP contribution is -2.12. The van der Waals surface area contributed by atoms with Crippen molar-refractivity contribution in [1.29, 1.82) is 0 Å². The average molecular weight is 397 g/mol. The number of aromatic nitrogens is 2. The smallest absolute Gasteiger partial charge is 0.354 e. The largest absolute Gasteiger partial charge is 0.477 e. The van der Waals surface area contributed by atoms with Crippen molar-refractivity contribution in [2.45, 2.75) is 19.9 Å². The number of thiophene rings is 1. The zero-order chi connectivity index (χ0) is 19.0. The Balaban J connectivity index is 1.89. The number of benzene rings is 1. The van der Waals surface area contributed by atoms with Gasteiger partial charge in [-0.25, -0.2) is 9.78 Å². The molecule has 0 amide bonds. The number of halogens is 1. The molecule has 0 saturated carbocycles. The first-order valence-corrected chi connectivity index (χ1v) is 9.80. The van der Waals surface area contributed by atoms with E-state index in [4.69, 9.17) is 11.6 Å². The van der Waals surface area contributed by atoms with Crippen LogP contribution in [0.25, 0.3) is 15.7 Å². The van der Waals surface area contributed by atoms with Crippen molar-refractivity contribution in [2.24, 2.45) is 0 Å². The van der Waals surface area contributed by atoms with Crippen LogP contribution in [0.1, 0.15) is 34.0 Å². The molecule has 3 aromatic rings. The van der Waals surface area contributed by atoms with Crippen molar-refractivity contribution < 1.29 is 9.90 Å². The number of rotatable bonds is 4. The Kier molecular flexibility index (Phi) is 4.72. The predicted molar refractivity (Wildman–Crippen MR) is 111 cm³/mol. The molecular weight excluding hydrogens is 380 g/mol. The second-order valence-corrected chi connectivity index (χ2v) is 7.64. The van der Waals surface area contributed by atoms with Crippen LogP contribution in [0.5, 0.6) is 0 Å². The molecule has 4 rings (SSSR count).